The van der Waals surface area contributed by atoms with E-state index in [1.807, 2.05) is 4.68 Å². The summed E-state index contributed by atoms with van der Waals surface area (Å²) in [6.45, 7) is 3.09. The van der Waals surface area contributed by atoms with E-state index in [-0.39, 0.29) is 0 Å². The highest BCUT2D eigenvalue weighted by Gasteiger charge is 2.23. The Morgan fingerprint density at radius 1 is 1.31 bits per heavy atom. The summed E-state index contributed by atoms with van der Waals surface area (Å²) in [4.78, 5) is 0. The second kappa shape index (κ2) is 3.74. The van der Waals surface area contributed by atoms with Crippen molar-refractivity contribution in [1.29, 1.82) is 0 Å². The molecule has 82 valence electrons. The zero-order valence-corrected chi connectivity index (χ0v) is 9.48. The number of hydrogen-bond donors (Lipinski definition) is 0. The largest absolute Gasteiger partial charge is 0.240 e. The fourth-order valence-corrected chi connectivity index (χ4v) is 2.32. The van der Waals surface area contributed by atoms with E-state index in [4.69, 9.17) is 0 Å². The van der Waals surface area contributed by atoms with E-state index in [1.54, 1.807) is 0 Å². The molecular weight excluding hydrogens is 198 g/mol. The molecule has 0 fully saturated rings. The van der Waals surface area contributed by atoms with Crippen molar-refractivity contribution in [2.45, 2.75) is 32.7 Å². The Labute approximate surface area is 95.1 Å². The molecule has 0 aliphatic carbocycles. The van der Waals surface area contributed by atoms with Crippen molar-refractivity contribution in [3.05, 3.63) is 35.5 Å². The van der Waals surface area contributed by atoms with Crippen molar-refractivity contribution in [3.63, 3.8) is 0 Å². The highest BCUT2D eigenvalue weighted by molar-refractivity contribution is 5.69. The lowest BCUT2D eigenvalue weighted by Gasteiger charge is -1.99. The number of nitrogens with zero attached hydrogens (tertiary/aromatic N) is 3. The predicted molar refractivity (Wildman–Crippen MR) is 63.2 cm³/mol. The molecular formula is C13H15N3. The SMILES string of the molecule is CCCCc1nnn2c1-c1ccccc1C2. The van der Waals surface area contributed by atoms with Crippen LogP contribution in [0.15, 0.2) is 24.3 Å². The van der Waals surface area contributed by atoms with Crippen LogP contribution in [0.25, 0.3) is 11.3 Å². The average molecular weight is 213 g/mol. The van der Waals surface area contributed by atoms with Crippen LogP contribution in [0.4, 0.5) is 0 Å². The minimum absolute atomic E-state index is 0.880. The van der Waals surface area contributed by atoms with Crippen LogP contribution in [0.1, 0.15) is 31.0 Å². The van der Waals surface area contributed by atoms with E-state index in [1.165, 1.54) is 29.7 Å². The van der Waals surface area contributed by atoms with Crippen molar-refractivity contribution in [1.82, 2.24) is 15.0 Å². The van der Waals surface area contributed by atoms with Gasteiger partial charge in [0, 0.05) is 5.56 Å². The Bertz CT molecular complexity index is 514. The van der Waals surface area contributed by atoms with Gasteiger partial charge in [-0.2, -0.15) is 0 Å². The van der Waals surface area contributed by atoms with E-state index in [0.29, 0.717) is 0 Å². The second-order valence-electron chi connectivity index (χ2n) is 4.30. The molecule has 0 atom stereocenters. The monoisotopic (exact) mass is 213 g/mol. The molecule has 0 saturated heterocycles. The third-order valence-corrected chi connectivity index (χ3v) is 3.16. The number of hydrogen-bond acceptors (Lipinski definition) is 2. The lowest BCUT2D eigenvalue weighted by Crippen LogP contribution is -1.94. The molecule has 0 amide bonds. The predicted octanol–water partition coefficient (Wildman–Crippen LogP) is 2.65. The van der Waals surface area contributed by atoms with Gasteiger partial charge in [-0.15, -0.1) is 5.10 Å². The number of aromatic nitrogens is 3. The second-order valence-corrected chi connectivity index (χ2v) is 4.30. The Morgan fingerprint density at radius 3 is 3.06 bits per heavy atom. The van der Waals surface area contributed by atoms with Gasteiger partial charge in [0.25, 0.3) is 0 Å². The molecule has 3 heteroatoms. The number of unbranched alkanes of at least 4 members (excludes halogenated alkanes) is 1. The maximum absolute atomic E-state index is 4.29. The van der Waals surface area contributed by atoms with E-state index < -0.39 is 0 Å². The number of aryl methyl sites for hydroxylation is 1. The van der Waals surface area contributed by atoms with Crippen LogP contribution in [-0.4, -0.2) is 15.0 Å². The maximum Gasteiger partial charge on any atom is 0.0925 e. The van der Waals surface area contributed by atoms with Crippen LogP contribution in [0.2, 0.25) is 0 Å². The molecule has 1 aromatic carbocycles. The van der Waals surface area contributed by atoms with Gasteiger partial charge in [0.1, 0.15) is 0 Å². The van der Waals surface area contributed by atoms with E-state index in [0.717, 1.165) is 18.7 Å². The van der Waals surface area contributed by atoms with Crippen LogP contribution in [-0.2, 0) is 13.0 Å². The van der Waals surface area contributed by atoms with Crippen LogP contribution in [0.3, 0.4) is 0 Å². The summed E-state index contributed by atoms with van der Waals surface area (Å²) in [5.41, 5.74) is 5.08. The highest BCUT2D eigenvalue weighted by Crippen LogP contribution is 2.33. The van der Waals surface area contributed by atoms with Gasteiger partial charge in [0.05, 0.1) is 17.9 Å². The van der Waals surface area contributed by atoms with Crippen molar-refractivity contribution in [3.8, 4) is 11.3 Å². The van der Waals surface area contributed by atoms with Gasteiger partial charge >= 0.3 is 0 Å². The van der Waals surface area contributed by atoms with Gasteiger partial charge < -0.3 is 0 Å². The molecule has 0 saturated carbocycles. The standard InChI is InChI=1S/C13H15N3/c1-2-3-8-12-13-11-7-5-4-6-10(11)9-16(13)15-14-12/h4-7H,2-3,8-9H2,1H3. The van der Waals surface area contributed by atoms with Crippen LogP contribution in [0, 0.1) is 0 Å². The lowest BCUT2D eigenvalue weighted by molar-refractivity contribution is 0.672. The molecule has 0 unspecified atom stereocenters. The van der Waals surface area contributed by atoms with E-state index in [9.17, 15) is 0 Å². The first kappa shape index (κ1) is 9.58. The highest BCUT2D eigenvalue weighted by atomic mass is 15.4. The normalized spacial score (nSPS) is 12.6. The van der Waals surface area contributed by atoms with Crippen molar-refractivity contribution >= 4 is 0 Å². The first-order valence-corrected chi connectivity index (χ1v) is 5.91. The van der Waals surface area contributed by atoms with Crippen LogP contribution in [0.5, 0.6) is 0 Å². The summed E-state index contributed by atoms with van der Waals surface area (Å²) >= 11 is 0. The van der Waals surface area contributed by atoms with E-state index in [2.05, 4.69) is 41.5 Å². The molecule has 0 N–H and O–H groups in total. The van der Waals surface area contributed by atoms with Gasteiger partial charge in [-0.25, -0.2) is 4.68 Å². The molecule has 1 aromatic heterocycles. The van der Waals surface area contributed by atoms with Crippen molar-refractivity contribution < 1.29 is 0 Å². The van der Waals surface area contributed by atoms with Crippen molar-refractivity contribution in [2.75, 3.05) is 0 Å². The van der Waals surface area contributed by atoms with Gasteiger partial charge in [0.2, 0.25) is 0 Å². The van der Waals surface area contributed by atoms with Crippen LogP contribution < -0.4 is 0 Å². The van der Waals surface area contributed by atoms with Gasteiger partial charge in [-0.3, -0.25) is 0 Å². The summed E-state index contributed by atoms with van der Waals surface area (Å²) in [5.74, 6) is 0. The summed E-state index contributed by atoms with van der Waals surface area (Å²) in [5, 5.41) is 8.52. The molecule has 0 radical (unpaired) electrons. The quantitative estimate of drug-likeness (QED) is 0.669. The molecule has 0 bridgehead atoms. The third kappa shape index (κ3) is 1.35. The average Bonchev–Trinajstić information content (AvgIpc) is 2.85. The lowest BCUT2D eigenvalue weighted by atomic mass is 10.0. The topological polar surface area (TPSA) is 30.7 Å². The summed E-state index contributed by atoms with van der Waals surface area (Å²) in [7, 11) is 0. The number of benzene rings is 1. The Hall–Kier alpha value is -1.64. The first-order valence-electron chi connectivity index (χ1n) is 5.91. The Kier molecular flexibility index (Phi) is 2.24. The molecule has 16 heavy (non-hydrogen) atoms. The minimum Gasteiger partial charge on any atom is -0.240 e. The molecule has 2 heterocycles. The van der Waals surface area contributed by atoms with Gasteiger partial charge in [-0.05, 0) is 18.4 Å². The summed E-state index contributed by atoms with van der Waals surface area (Å²) in [6.07, 6.45) is 3.43. The molecule has 3 nitrogen and oxygen atoms in total. The fraction of sp³-hybridized carbons (Fsp3) is 0.385. The fourth-order valence-electron chi connectivity index (χ4n) is 2.32. The third-order valence-electron chi connectivity index (χ3n) is 3.16. The van der Waals surface area contributed by atoms with Gasteiger partial charge in [0.15, 0.2) is 0 Å². The van der Waals surface area contributed by atoms with E-state index >= 15 is 0 Å². The maximum atomic E-state index is 4.29. The zero-order valence-electron chi connectivity index (χ0n) is 9.48. The smallest absolute Gasteiger partial charge is 0.0925 e. The first-order chi connectivity index (χ1) is 7.90. The summed E-state index contributed by atoms with van der Waals surface area (Å²) < 4.78 is 2.02. The molecule has 2 aromatic rings. The minimum atomic E-state index is 0.880. The molecule has 1 aliphatic rings. The number of rotatable bonds is 3. The molecule has 3 rings (SSSR count). The molecule has 1 aliphatic heterocycles. The number of fused-ring (bicyclic) bond motifs is 3. The Morgan fingerprint density at radius 2 is 2.19 bits per heavy atom. The zero-order chi connectivity index (χ0) is 11.0. The van der Waals surface area contributed by atoms with Crippen molar-refractivity contribution in [2.24, 2.45) is 0 Å². The Balaban J connectivity index is 2.04. The summed E-state index contributed by atoms with van der Waals surface area (Å²) in [6, 6.07) is 8.52. The van der Waals surface area contributed by atoms with Crippen LogP contribution >= 0.6 is 0 Å². The molecule has 0 spiro atoms. The van der Waals surface area contributed by atoms with Gasteiger partial charge in [-0.1, -0.05) is 42.8 Å².